The summed E-state index contributed by atoms with van der Waals surface area (Å²) in [5.41, 5.74) is 0.632. The highest BCUT2D eigenvalue weighted by molar-refractivity contribution is 7.71. The predicted molar refractivity (Wildman–Crippen MR) is 90.1 cm³/mol. The highest BCUT2D eigenvalue weighted by Gasteiger charge is 2.05. The van der Waals surface area contributed by atoms with Crippen LogP contribution in [0.1, 0.15) is 11.3 Å². The molecular weight excluding hydrogens is 316 g/mol. The van der Waals surface area contributed by atoms with Crippen LogP contribution in [0.2, 0.25) is 0 Å². The second-order valence-electron chi connectivity index (χ2n) is 4.49. The molecule has 1 aromatic carbocycles. The number of methoxy groups -OCH3 is 1. The van der Waals surface area contributed by atoms with Gasteiger partial charge in [0.25, 0.3) is 5.56 Å². The van der Waals surface area contributed by atoms with Crippen LogP contribution in [-0.2, 0) is 0 Å². The Labute approximate surface area is 137 Å². The molecule has 0 radical (unpaired) electrons. The Morgan fingerprint density at radius 3 is 2.96 bits per heavy atom. The van der Waals surface area contributed by atoms with Crippen molar-refractivity contribution >= 4 is 18.4 Å². The molecule has 0 aliphatic rings. The van der Waals surface area contributed by atoms with E-state index >= 15 is 0 Å². The molecule has 0 spiro atoms. The Kier molecular flexibility index (Phi) is 5.42. The Hall–Kier alpha value is -2.74. The van der Waals surface area contributed by atoms with Gasteiger partial charge in [0.1, 0.15) is 12.3 Å². The average Bonchev–Trinajstić information content (AvgIpc) is 2.56. The maximum atomic E-state index is 12.0. The van der Waals surface area contributed by atoms with Crippen LogP contribution in [0.15, 0.2) is 40.8 Å². The fourth-order valence-electron chi connectivity index (χ4n) is 1.73. The van der Waals surface area contributed by atoms with Crippen LogP contribution in [0.4, 0.5) is 0 Å². The zero-order valence-corrected chi connectivity index (χ0v) is 13.6. The first-order valence-electron chi connectivity index (χ1n) is 6.71. The molecule has 0 aliphatic heterocycles. The highest BCUT2D eigenvalue weighted by atomic mass is 32.1. The summed E-state index contributed by atoms with van der Waals surface area (Å²) in [5, 5.41) is 10.4. The third-order valence-corrected chi connectivity index (χ3v) is 3.14. The lowest BCUT2D eigenvalue weighted by atomic mass is 10.2. The Balaban J connectivity index is 2.34. The topological polar surface area (TPSA) is 81.5 Å². The molecule has 1 N–H and O–H groups in total. The number of hydrogen-bond donors (Lipinski definition) is 1. The minimum atomic E-state index is -0.372. The third kappa shape index (κ3) is 3.92. The van der Waals surface area contributed by atoms with Gasteiger partial charge in [-0.2, -0.15) is 14.9 Å². The largest absolute Gasteiger partial charge is 0.493 e. The molecule has 0 atom stereocenters. The minimum Gasteiger partial charge on any atom is -0.493 e. The maximum Gasteiger partial charge on any atom is 0.296 e. The fourth-order valence-corrected chi connectivity index (χ4v) is 1.91. The second-order valence-corrected chi connectivity index (χ2v) is 4.87. The van der Waals surface area contributed by atoms with Crippen molar-refractivity contribution < 1.29 is 9.47 Å². The van der Waals surface area contributed by atoms with Gasteiger partial charge in [-0.25, -0.2) is 0 Å². The summed E-state index contributed by atoms with van der Waals surface area (Å²) in [5.74, 6) is 1.15. The van der Waals surface area contributed by atoms with Gasteiger partial charge in [-0.05, 0) is 42.9 Å². The number of aromatic amines is 1. The van der Waals surface area contributed by atoms with E-state index in [2.05, 4.69) is 21.9 Å². The average molecular weight is 332 g/mol. The van der Waals surface area contributed by atoms with Crippen molar-refractivity contribution in [3.63, 3.8) is 0 Å². The highest BCUT2D eigenvalue weighted by Crippen LogP contribution is 2.27. The van der Waals surface area contributed by atoms with Gasteiger partial charge in [0.05, 0.1) is 13.3 Å². The summed E-state index contributed by atoms with van der Waals surface area (Å²) in [4.78, 5) is 12.0. The number of nitrogens with one attached hydrogen (secondary N) is 1. The van der Waals surface area contributed by atoms with Crippen LogP contribution in [-0.4, -0.2) is 34.8 Å². The molecule has 1 heterocycles. The quantitative estimate of drug-likeness (QED) is 0.497. The van der Waals surface area contributed by atoms with Crippen LogP contribution in [0.3, 0.4) is 0 Å². The SMILES string of the molecule is C=CCOc1ccc(/C=N\n2c(=S)[nH]nc(C)c2=O)cc1OC. The molecule has 0 amide bonds. The molecule has 2 rings (SSSR count). The number of ether oxygens (including phenoxy) is 2. The predicted octanol–water partition coefficient (Wildman–Crippen LogP) is 2.06. The van der Waals surface area contributed by atoms with E-state index < -0.39 is 0 Å². The first kappa shape index (κ1) is 16.6. The third-order valence-electron chi connectivity index (χ3n) is 2.88. The van der Waals surface area contributed by atoms with Crippen molar-refractivity contribution in [2.45, 2.75) is 6.92 Å². The lowest BCUT2D eigenvalue weighted by Crippen LogP contribution is -2.22. The second kappa shape index (κ2) is 7.50. The maximum absolute atomic E-state index is 12.0. The molecule has 7 nitrogen and oxygen atoms in total. The van der Waals surface area contributed by atoms with Gasteiger partial charge in [-0.15, -0.1) is 0 Å². The Morgan fingerprint density at radius 2 is 2.26 bits per heavy atom. The van der Waals surface area contributed by atoms with Gasteiger partial charge in [0.2, 0.25) is 4.77 Å². The number of aryl methyl sites for hydroxylation is 1. The molecular formula is C15H16N4O3S. The fraction of sp³-hybridized carbons (Fsp3) is 0.200. The summed E-state index contributed by atoms with van der Waals surface area (Å²) in [7, 11) is 1.55. The number of benzene rings is 1. The van der Waals surface area contributed by atoms with Gasteiger partial charge in [-0.3, -0.25) is 9.89 Å². The Bertz CT molecular complexity index is 855. The van der Waals surface area contributed by atoms with Crippen molar-refractivity contribution in [2.24, 2.45) is 5.10 Å². The molecule has 0 unspecified atom stereocenters. The van der Waals surface area contributed by atoms with E-state index in [4.69, 9.17) is 21.7 Å². The van der Waals surface area contributed by atoms with Crippen LogP contribution in [0, 0.1) is 11.7 Å². The summed E-state index contributed by atoms with van der Waals surface area (Å²) >= 11 is 5.01. The first-order valence-corrected chi connectivity index (χ1v) is 7.12. The standard InChI is InChI=1S/C15H16N4O3S/c1-4-7-22-12-6-5-11(8-13(12)21-3)9-16-19-14(20)10(2)17-18-15(19)23/h4-6,8-9H,1,7H2,2-3H3,(H,18,23)/b16-9-. The van der Waals surface area contributed by atoms with Gasteiger partial charge in [0, 0.05) is 0 Å². The Morgan fingerprint density at radius 1 is 1.48 bits per heavy atom. The van der Waals surface area contributed by atoms with Crippen LogP contribution in [0.25, 0.3) is 0 Å². The van der Waals surface area contributed by atoms with Gasteiger partial charge in [-0.1, -0.05) is 12.7 Å². The van der Waals surface area contributed by atoms with Crippen molar-refractivity contribution in [2.75, 3.05) is 13.7 Å². The number of nitrogens with zero attached hydrogens (tertiary/aromatic N) is 3. The van der Waals surface area contributed by atoms with Crippen LogP contribution >= 0.6 is 12.2 Å². The molecule has 0 saturated carbocycles. The molecule has 0 fully saturated rings. The zero-order valence-electron chi connectivity index (χ0n) is 12.8. The summed E-state index contributed by atoms with van der Waals surface area (Å²) in [6.07, 6.45) is 3.15. The lowest BCUT2D eigenvalue weighted by Gasteiger charge is -2.09. The molecule has 23 heavy (non-hydrogen) atoms. The van der Waals surface area contributed by atoms with Gasteiger partial charge < -0.3 is 9.47 Å². The lowest BCUT2D eigenvalue weighted by molar-refractivity contribution is 0.326. The van der Waals surface area contributed by atoms with E-state index in [1.807, 2.05) is 0 Å². The van der Waals surface area contributed by atoms with Crippen molar-refractivity contribution in [3.05, 3.63) is 57.2 Å². The number of hydrogen-bond acceptors (Lipinski definition) is 6. The van der Waals surface area contributed by atoms with Crippen molar-refractivity contribution in [1.82, 2.24) is 14.9 Å². The van der Waals surface area contributed by atoms with E-state index in [0.29, 0.717) is 18.1 Å². The summed E-state index contributed by atoms with van der Waals surface area (Å²) in [6, 6.07) is 5.29. The molecule has 1 aromatic heterocycles. The molecule has 0 saturated heterocycles. The van der Waals surface area contributed by atoms with E-state index in [-0.39, 0.29) is 16.0 Å². The van der Waals surface area contributed by atoms with E-state index in [9.17, 15) is 4.79 Å². The number of H-pyrrole nitrogens is 1. The van der Waals surface area contributed by atoms with Crippen LogP contribution < -0.4 is 15.0 Å². The molecule has 120 valence electrons. The monoisotopic (exact) mass is 332 g/mol. The van der Waals surface area contributed by atoms with E-state index in [0.717, 1.165) is 10.2 Å². The number of rotatable bonds is 6. The smallest absolute Gasteiger partial charge is 0.296 e. The molecule has 2 aromatic rings. The molecule has 0 aliphatic carbocycles. The summed E-state index contributed by atoms with van der Waals surface area (Å²) in [6.45, 7) is 5.56. The van der Waals surface area contributed by atoms with E-state index in [1.165, 1.54) is 6.21 Å². The first-order chi connectivity index (χ1) is 11.1. The van der Waals surface area contributed by atoms with Gasteiger partial charge >= 0.3 is 0 Å². The summed E-state index contributed by atoms with van der Waals surface area (Å²) < 4.78 is 11.9. The zero-order chi connectivity index (χ0) is 16.8. The molecule has 8 heteroatoms. The minimum absolute atomic E-state index is 0.120. The van der Waals surface area contributed by atoms with Crippen molar-refractivity contribution in [1.29, 1.82) is 0 Å². The van der Waals surface area contributed by atoms with Crippen LogP contribution in [0.5, 0.6) is 11.5 Å². The van der Waals surface area contributed by atoms with Gasteiger partial charge in [0.15, 0.2) is 11.5 Å². The normalized spacial score (nSPS) is 10.7. The molecule has 0 bridgehead atoms. The van der Waals surface area contributed by atoms with E-state index in [1.54, 1.807) is 38.3 Å². The van der Waals surface area contributed by atoms with Crippen molar-refractivity contribution in [3.8, 4) is 11.5 Å². The number of aromatic nitrogens is 3.